The molecule has 0 aromatic rings. The van der Waals surface area contributed by atoms with Gasteiger partial charge in [0, 0.05) is 12.1 Å². The standard InChI is InChI=1S/C18H38N2/c1-2-3-4-5-6-7-8-9-10-11-15-20-18-14-12-13-17(19)16-18/h17-18,20H,2-16,19H2,1H3. The number of rotatable bonds is 12. The molecule has 0 aromatic carbocycles. The van der Waals surface area contributed by atoms with E-state index < -0.39 is 0 Å². The summed E-state index contributed by atoms with van der Waals surface area (Å²) < 4.78 is 0. The molecule has 0 heterocycles. The molecule has 120 valence electrons. The Balaban J connectivity index is 1.76. The van der Waals surface area contributed by atoms with Crippen LogP contribution in [0.15, 0.2) is 0 Å². The molecule has 1 aliphatic rings. The maximum Gasteiger partial charge on any atom is 0.00818 e. The summed E-state index contributed by atoms with van der Waals surface area (Å²) in [5, 5.41) is 3.70. The van der Waals surface area contributed by atoms with Crippen LogP contribution in [0.1, 0.15) is 96.8 Å². The molecule has 0 spiro atoms. The van der Waals surface area contributed by atoms with Gasteiger partial charge in [0.15, 0.2) is 0 Å². The van der Waals surface area contributed by atoms with Gasteiger partial charge in [0.1, 0.15) is 0 Å². The maximum atomic E-state index is 6.01. The average Bonchev–Trinajstić information content (AvgIpc) is 2.45. The van der Waals surface area contributed by atoms with Crippen LogP contribution in [-0.2, 0) is 0 Å². The number of hydrogen-bond donors (Lipinski definition) is 2. The topological polar surface area (TPSA) is 38.0 Å². The highest BCUT2D eigenvalue weighted by Crippen LogP contribution is 2.17. The van der Waals surface area contributed by atoms with Crippen molar-refractivity contribution < 1.29 is 0 Å². The second kappa shape index (κ2) is 12.6. The zero-order valence-corrected chi connectivity index (χ0v) is 13.8. The molecule has 1 rings (SSSR count). The Bertz CT molecular complexity index is 206. The Morgan fingerprint density at radius 1 is 0.850 bits per heavy atom. The molecule has 2 atom stereocenters. The van der Waals surface area contributed by atoms with Crippen molar-refractivity contribution in [2.45, 2.75) is 109 Å². The Kier molecular flexibility index (Phi) is 11.4. The molecule has 0 amide bonds. The number of hydrogen-bond acceptors (Lipinski definition) is 2. The Morgan fingerprint density at radius 3 is 2.05 bits per heavy atom. The van der Waals surface area contributed by atoms with Crippen LogP contribution in [0.2, 0.25) is 0 Å². The zero-order valence-electron chi connectivity index (χ0n) is 13.8. The first-order valence-electron chi connectivity index (χ1n) is 9.32. The van der Waals surface area contributed by atoms with Crippen molar-refractivity contribution in [3.8, 4) is 0 Å². The number of nitrogens with one attached hydrogen (secondary N) is 1. The molecule has 1 fully saturated rings. The molecule has 20 heavy (non-hydrogen) atoms. The van der Waals surface area contributed by atoms with E-state index in [1.54, 1.807) is 0 Å². The van der Waals surface area contributed by atoms with E-state index in [-0.39, 0.29) is 0 Å². The van der Waals surface area contributed by atoms with Gasteiger partial charge in [-0.1, -0.05) is 71.1 Å². The third-order valence-corrected chi connectivity index (χ3v) is 4.68. The van der Waals surface area contributed by atoms with E-state index in [9.17, 15) is 0 Å². The molecule has 0 bridgehead atoms. The van der Waals surface area contributed by atoms with E-state index in [2.05, 4.69) is 12.2 Å². The molecule has 3 N–H and O–H groups in total. The predicted molar refractivity (Wildman–Crippen MR) is 90.1 cm³/mol. The lowest BCUT2D eigenvalue weighted by molar-refractivity contribution is 0.337. The number of nitrogens with two attached hydrogens (primary N) is 1. The largest absolute Gasteiger partial charge is 0.328 e. The molecule has 2 heteroatoms. The lowest BCUT2D eigenvalue weighted by Gasteiger charge is -2.27. The Morgan fingerprint density at radius 2 is 1.45 bits per heavy atom. The SMILES string of the molecule is CCCCCCCCCCCCNC1CCCC(N)C1. The van der Waals surface area contributed by atoms with Crippen molar-refractivity contribution in [2.75, 3.05) is 6.54 Å². The van der Waals surface area contributed by atoms with Crippen molar-refractivity contribution in [3.63, 3.8) is 0 Å². The zero-order chi connectivity index (χ0) is 14.5. The van der Waals surface area contributed by atoms with Gasteiger partial charge in [0.05, 0.1) is 0 Å². The highest BCUT2D eigenvalue weighted by molar-refractivity contribution is 4.79. The highest BCUT2D eigenvalue weighted by atomic mass is 14.9. The average molecular weight is 283 g/mol. The molecule has 0 saturated heterocycles. The van der Waals surface area contributed by atoms with Crippen molar-refractivity contribution in [3.05, 3.63) is 0 Å². The minimum Gasteiger partial charge on any atom is -0.328 e. The van der Waals surface area contributed by atoms with Crippen LogP contribution in [0.25, 0.3) is 0 Å². The Hall–Kier alpha value is -0.0800. The van der Waals surface area contributed by atoms with E-state index in [1.807, 2.05) is 0 Å². The minimum atomic E-state index is 0.453. The third-order valence-electron chi connectivity index (χ3n) is 4.68. The first-order chi connectivity index (χ1) is 9.83. The summed E-state index contributed by atoms with van der Waals surface area (Å²) in [6.45, 7) is 3.49. The van der Waals surface area contributed by atoms with Crippen molar-refractivity contribution in [2.24, 2.45) is 5.73 Å². The van der Waals surface area contributed by atoms with Gasteiger partial charge >= 0.3 is 0 Å². The highest BCUT2D eigenvalue weighted by Gasteiger charge is 2.17. The second-order valence-corrected chi connectivity index (χ2v) is 6.76. The lowest BCUT2D eigenvalue weighted by atomic mass is 9.91. The third kappa shape index (κ3) is 9.77. The Labute approximate surface area is 127 Å². The van der Waals surface area contributed by atoms with Crippen LogP contribution >= 0.6 is 0 Å². The first kappa shape index (κ1) is 18.0. The molecule has 0 radical (unpaired) electrons. The van der Waals surface area contributed by atoms with Crippen LogP contribution in [0, 0.1) is 0 Å². The van der Waals surface area contributed by atoms with Crippen LogP contribution in [-0.4, -0.2) is 18.6 Å². The number of unbranched alkanes of at least 4 members (excludes halogenated alkanes) is 9. The van der Waals surface area contributed by atoms with Crippen LogP contribution in [0.3, 0.4) is 0 Å². The maximum absolute atomic E-state index is 6.01. The molecule has 2 nitrogen and oxygen atoms in total. The van der Waals surface area contributed by atoms with E-state index in [1.165, 1.54) is 96.4 Å². The predicted octanol–water partition coefficient (Wildman–Crippen LogP) is 4.77. The van der Waals surface area contributed by atoms with Gasteiger partial charge in [0.2, 0.25) is 0 Å². The molecular weight excluding hydrogens is 244 g/mol. The van der Waals surface area contributed by atoms with E-state index >= 15 is 0 Å². The van der Waals surface area contributed by atoms with Crippen LogP contribution in [0.4, 0.5) is 0 Å². The van der Waals surface area contributed by atoms with Crippen molar-refractivity contribution in [1.29, 1.82) is 0 Å². The van der Waals surface area contributed by atoms with Gasteiger partial charge in [-0.2, -0.15) is 0 Å². The normalized spacial score (nSPS) is 23.1. The van der Waals surface area contributed by atoms with Gasteiger partial charge in [-0.3, -0.25) is 0 Å². The van der Waals surface area contributed by atoms with Crippen LogP contribution in [0.5, 0.6) is 0 Å². The minimum absolute atomic E-state index is 0.453. The molecule has 0 aromatic heterocycles. The van der Waals surface area contributed by atoms with Gasteiger partial charge in [-0.05, 0) is 32.2 Å². The molecular formula is C18H38N2. The van der Waals surface area contributed by atoms with E-state index in [0.29, 0.717) is 12.1 Å². The van der Waals surface area contributed by atoms with Crippen molar-refractivity contribution >= 4 is 0 Å². The van der Waals surface area contributed by atoms with Crippen molar-refractivity contribution in [1.82, 2.24) is 5.32 Å². The van der Waals surface area contributed by atoms with Gasteiger partial charge in [-0.25, -0.2) is 0 Å². The summed E-state index contributed by atoms with van der Waals surface area (Å²) in [4.78, 5) is 0. The fraction of sp³-hybridized carbons (Fsp3) is 1.00. The van der Waals surface area contributed by atoms with E-state index in [0.717, 1.165) is 0 Å². The summed E-state index contributed by atoms with van der Waals surface area (Å²) in [5.41, 5.74) is 6.01. The fourth-order valence-electron chi connectivity index (χ4n) is 3.33. The van der Waals surface area contributed by atoms with Gasteiger partial charge in [0.25, 0.3) is 0 Å². The smallest absolute Gasteiger partial charge is 0.00818 e. The van der Waals surface area contributed by atoms with Crippen LogP contribution < -0.4 is 11.1 Å². The molecule has 1 aliphatic carbocycles. The summed E-state index contributed by atoms with van der Waals surface area (Å²) in [6.07, 6.45) is 19.3. The molecule has 0 aliphatic heterocycles. The molecule has 2 unspecified atom stereocenters. The summed E-state index contributed by atoms with van der Waals surface area (Å²) in [7, 11) is 0. The van der Waals surface area contributed by atoms with Gasteiger partial charge < -0.3 is 11.1 Å². The quantitative estimate of drug-likeness (QED) is 0.506. The fourth-order valence-corrected chi connectivity index (χ4v) is 3.33. The lowest BCUT2D eigenvalue weighted by Crippen LogP contribution is -2.39. The second-order valence-electron chi connectivity index (χ2n) is 6.76. The monoisotopic (exact) mass is 282 g/mol. The summed E-state index contributed by atoms with van der Waals surface area (Å²) in [6, 6.07) is 1.16. The van der Waals surface area contributed by atoms with E-state index in [4.69, 9.17) is 5.73 Å². The summed E-state index contributed by atoms with van der Waals surface area (Å²) in [5.74, 6) is 0. The first-order valence-corrected chi connectivity index (χ1v) is 9.32. The summed E-state index contributed by atoms with van der Waals surface area (Å²) >= 11 is 0. The molecule has 1 saturated carbocycles. The van der Waals surface area contributed by atoms with Gasteiger partial charge in [-0.15, -0.1) is 0 Å².